The number of likely N-dealkylation sites (tertiary alicyclic amines) is 1. The largest absolute Gasteiger partial charge is 0.481 e. The summed E-state index contributed by atoms with van der Waals surface area (Å²) in [4.78, 5) is 13.6. The van der Waals surface area contributed by atoms with Crippen molar-refractivity contribution in [1.29, 1.82) is 0 Å². The molecular formula is C15H21NO3. The van der Waals surface area contributed by atoms with Crippen molar-refractivity contribution in [2.24, 2.45) is 17.8 Å². The first kappa shape index (κ1) is 12.7. The standard InChI is InChI=1S/C15H21NO3/c1-2-11-5-6-12(19-11)7-16-8-13(10-3-4-10)14(9-16)15(17)18/h5-6,10,13-14H,2-4,7-9H2,1H3,(H,17,18)/t13-,14+/m0/s1. The van der Waals surface area contributed by atoms with E-state index in [4.69, 9.17) is 4.42 Å². The lowest BCUT2D eigenvalue weighted by atomic mass is 9.92. The van der Waals surface area contributed by atoms with Crippen molar-refractivity contribution in [3.8, 4) is 0 Å². The first-order valence-electron chi connectivity index (χ1n) is 7.20. The predicted molar refractivity (Wildman–Crippen MR) is 70.7 cm³/mol. The van der Waals surface area contributed by atoms with Gasteiger partial charge in [0.1, 0.15) is 11.5 Å². The van der Waals surface area contributed by atoms with Gasteiger partial charge in [-0.15, -0.1) is 0 Å². The van der Waals surface area contributed by atoms with Gasteiger partial charge < -0.3 is 9.52 Å². The average molecular weight is 263 g/mol. The lowest BCUT2D eigenvalue weighted by Gasteiger charge is -2.13. The molecule has 1 aliphatic heterocycles. The molecule has 0 amide bonds. The summed E-state index contributed by atoms with van der Waals surface area (Å²) in [6.07, 6.45) is 3.33. The second kappa shape index (κ2) is 5.00. The van der Waals surface area contributed by atoms with E-state index in [0.717, 1.165) is 31.0 Å². The van der Waals surface area contributed by atoms with Gasteiger partial charge in [-0.1, -0.05) is 6.92 Å². The second-order valence-electron chi connectivity index (χ2n) is 5.86. The van der Waals surface area contributed by atoms with E-state index in [2.05, 4.69) is 11.8 Å². The van der Waals surface area contributed by atoms with Crippen LogP contribution < -0.4 is 0 Å². The molecule has 0 bridgehead atoms. The smallest absolute Gasteiger partial charge is 0.308 e. The van der Waals surface area contributed by atoms with E-state index in [-0.39, 0.29) is 5.92 Å². The third kappa shape index (κ3) is 2.68. The first-order chi connectivity index (χ1) is 9.17. The summed E-state index contributed by atoms with van der Waals surface area (Å²) in [5, 5.41) is 9.34. The molecule has 3 rings (SSSR count). The molecular weight excluding hydrogens is 242 g/mol. The number of carboxylic acid groups (broad SMARTS) is 1. The van der Waals surface area contributed by atoms with Crippen molar-refractivity contribution in [2.45, 2.75) is 32.7 Å². The molecule has 104 valence electrons. The molecule has 2 aliphatic rings. The molecule has 19 heavy (non-hydrogen) atoms. The van der Waals surface area contributed by atoms with Crippen LogP contribution in [0, 0.1) is 17.8 Å². The molecule has 1 aromatic heterocycles. The Labute approximate surface area is 113 Å². The van der Waals surface area contributed by atoms with Crippen LogP contribution in [0.15, 0.2) is 16.5 Å². The van der Waals surface area contributed by atoms with E-state index in [1.165, 1.54) is 12.8 Å². The fourth-order valence-corrected chi connectivity index (χ4v) is 3.22. The van der Waals surface area contributed by atoms with Crippen molar-refractivity contribution in [3.05, 3.63) is 23.7 Å². The van der Waals surface area contributed by atoms with Gasteiger partial charge in [0.15, 0.2) is 0 Å². The minimum atomic E-state index is -0.631. The highest BCUT2D eigenvalue weighted by atomic mass is 16.4. The zero-order valence-corrected chi connectivity index (χ0v) is 11.3. The van der Waals surface area contributed by atoms with Crippen LogP contribution in [0.1, 0.15) is 31.3 Å². The van der Waals surface area contributed by atoms with Crippen molar-refractivity contribution >= 4 is 5.97 Å². The van der Waals surface area contributed by atoms with Gasteiger partial charge in [-0.3, -0.25) is 9.69 Å². The zero-order chi connectivity index (χ0) is 13.4. The molecule has 1 N–H and O–H groups in total. The van der Waals surface area contributed by atoms with E-state index < -0.39 is 5.97 Å². The molecule has 0 radical (unpaired) electrons. The maximum absolute atomic E-state index is 11.3. The van der Waals surface area contributed by atoms with E-state index in [1.54, 1.807) is 0 Å². The molecule has 1 saturated carbocycles. The van der Waals surface area contributed by atoms with E-state index >= 15 is 0 Å². The summed E-state index contributed by atoms with van der Waals surface area (Å²) in [6, 6.07) is 4.03. The number of hydrogen-bond donors (Lipinski definition) is 1. The zero-order valence-electron chi connectivity index (χ0n) is 11.3. The van der Waals surface area contributed by atoms with Crippen LogP contribution in [0.3, 0.4) is 0 Å². The Bertz CT molecular complexity index is 464. The van der Waals surface area contributed by atoms with E-state index in [1.807, 2.05) is 12.1 Å². The van der Waals surface area contributed by atoms with Crippen molar-refractivity contribution < 1.29 is 14.3 Å². The van der Waals surface area contributed by atoms with Gasteiger partial charge in [-0.05, 0) is 36.8 Å². The van der Waals surface area contributed by atoms with Gasteiger partial charge >= 0.3 is 5.97 Å². The van der Waals surface area contributed by atoms with Crippen LogP contribution in [-0.2, 0) is 17.8 Å². The van der Waals surface area contributed by atoms with Crippen LogP contribution in [0.4, 0.5) is 0 Å². The highest BCUT2D eigenvalue weighted by Gasteiger charge is 2.45. The fourth-order valence-electron chi connectivity index (χ4n) is 3.22. The van der Waals surface area contributed by atoms with E-state index in [9.17, 15) is 9.90 Å². The van der Waals surface area contributed by atoms with Crippen LogP contribution in [0.2, 0.25) is 0 Å². The molecule has 2 atom stereocenters. The summed E-state index contributed by atoms with van der Waals surface area (Å²) < 4.78 is 5.71. The van der Waals surface area contributed by atoms with Gasteiger partial charge in [-0.25, -0.2) is 0 Å². The molecule has 1 aromatic rings. The lowest BCUT2D eigenvalue weighted by Crippen LogP contribution is -2.24. The minimum absolute atomic E-state index is 0.187. The minimum Gasteiger partial charge on any atom is -0.481 e. The number of carboxylic acids is 1. The Balaban J connectivity index is 1.64. The molecule has 2 fully saturated rings. The molecule has 0 unspecified atom stereocenters. The van der Waals surface area contributed by atoms with Crippen molar-refractivity contribution in [2.75, 3.05) is 13.1 Å². The number of aryl methyl sites for hydroxylation is 1. The second-order valence-corrected chi connectivity index (χ2v) is 5.86. The van der Waals surface area contributed by atoms with Gasteiger partial charge in [-0.2, -0.15) is 0 Å². The predicted octanol–water partition coefficient (Wildman–Crippen LogP) is 2.38. The highest BCUT2D eigenvalue weighted by molar-refractivity contribution is 5.71. The van der Waals surface area contributed by atoms with Crippen LogP contribution in [-0.4, -0.2) is 29.1 Å². The Morgan fingerprint density at radius 3 is 2.68 bits per heavy atom. The molecule has 1 aliphatic carbocycles. The van der Waals surface area contributed by atoms with Gasteiger partial charge in [0.25, 0.3) is 0 Å². The van der Waals surface area contributed by atoms with Crippen LogP contribution in [0.5, 0.6) is 0 Å². The topological polar surface area (TPSA) is 53.7 Å². The molecule has 0 aromatic carbocycles. The molecule has 1 saturated heterocycles. The quantitative estimate of drug-likeness (QED) is 0.886. The molecule has 0 spiro atoms. The Morgan fingerprint density at radius 1 is 1.37 bits per heavy atom. The fraction of sp³-hybridized carbons (Fsp3) is 0.667. The van der Waals surface area contributed by atoms with Crippen molar-refractivity contribution in [1.82, 2.24) is 4.90 Å². The summed E-state index contributed by atoms with van der Waals surface area (Å²) in [5.74, 6) is 2.13. The highest BCUT2D eigenvalue weighted by Crippen LogP contribution is 2.44. The summed E-state index contributed by atoms with van der Waals surface area (Å²) in [7, 11) is 0. The number of hydrogen-bond acceptors (Lipinski definition) is 3. The van der Waals surface area contributed by atoms with Gasteiger partial charge in [0, 0.05) is 19.5 Å². The summed E-state index contributed by atoms with van der Waals surface area (Å²) in [5.41, 5.74) is 0. The number of carbonyl (C=O) groups is 1. The Morgan fingerprint density at radius 2 is 2.11 bits per heavy atom. The summed E-state index contributed by atoms with van der Waals surface area (Å²) in [6.45, 7) is 4.39. The maximum Gasteiger partial charge on any atom is 0.308 e. The van der Waals surface area contributed by atoms with Crippen LogP contribution in [0.25, 0.3) is 0 Å². The number of nitrogens with zero attached hydrogens (tertiary/aromatic N) is 1. The third-order valence-electron chi connectivity index (χ3n) is 4.43. The average Bonchev–Trinajstić information content (AvgIpc) is 2.99. The van der Waals surface area contributed by atoms with Gasteiger partial charge in [0.2, 0.25) is 0 Å². The first-order valence-corrected chi connectivity index (χ1v) is 7.20. The normalized spacial score (nSPS) is 27.8. The third-order valence-corrected chi connectivity index (χ3v) is 4.43. The molecule has 4 heteroatoms. The monoisotopic (exact) mass is 263 g/mol. The lowest BCUT2D eigenvalue weighted by molar-refractivity contribution is -0.142. The Kier molecular flexibility index (Phi) is 3.35. The van der Waals surface area contributed by atoms with Gasteiger partial charge in [0.05, 0.1) is 12.5 Å². The molecule has 4 nitrogen and oxygen atoms in total. The summed E-state index contributed by atoms with van der Waals surface area (Å²) >= 11 is 0. The van der Waals surface area contributed by atoms with E-state index in [0.29, 0.717) is 18.4 Å². The number of furan rings is 1. The maximum atomic E-state index is 11.3. The Hall–Kier alpha value is -1.29. The number of rotatable bonds is 5. The van der Waals surface area contributed by atoms with Crippen molar-refractivity contribution in [3.63, 3.8) is 0 Å². The SMILES string of the molecule is CCc1ccc(CN2C[C@@H](C(=O)O)[C@H](C3CC3)C2)o1. The number of aliphatic carboxylic acids is 1. The van der Waals surface area contributed by atoms with Crippen LogP contribution >= 0.6 is 0 Å². The molecule has 2 heterocycles.